The molecule has 0 unspecified atom stereocenters. The van der Waals surface area contributed by atoms with E-state index in [-0.39, 0.29) is 23.7 Å². The van der Waals surface area contributed by atoms with Crippen molar-refractivity contribution in [3.8, 4) is 28.1 Å². The summed E-state index contributed by atoms with van der Waals surface area (Å²) >= 11 is 0. The van der Waals surface area contributed by atoms with Crippen molar-refractivity contribution in [1.82, 2.24) is 19.9 Å². The minimum atomic E-state index is -0.0379. The molecule has 0 saturated carbocycles. The second-order valence-electron chi connectivity index (χ2n) is 7.84. The molecule has 2 aromatic heterocycles. The van der Waals surface area contributed by atoms with Crippen LogP contribution in [0.4, 0.5) is 5.95 Å². The van der Waals surface area contributed by atoms with E-state index in [4.69, 9.17) is 10.5 Å². The second kappa shape index (κ2) is 8.67. The van der Waals surface area contributed by atoms with Gasteiger partial charge in [0.15, 0.2) is 0 Å². The van der Waals surface area contributed by atoms with Crippen molar-refractivity contribution in [3.63, 3.8) is 0 Å². The summed E-state index contributed by atoms with van der Waals surface area (Å²) < 4.78 is 7.90. The van der Waals surface area contributed by atoms with Crippen LogP contribution in [0.25, 0.3) is 22.4 Å². The minimum Gasteiger partial charge on any atom is -0.490 e. The van der Waals surface area contributed by atoms with Gasteiger partial charge in [0.2, 0.25) is 5.95 Å². The first kappa shape index (κ1) is 20.1. The molecule has 1 saturated heterocycles. The number of rotatable bonds is 5. The lowest BCUT2D eigenvalue weighted by Crippen LogP contribution is -2.34. The fraction of sp³-hybridized carbons (Fsp3) is 0.348. The topological polar surface area (TPSA) is 95.1 Å². The number of nitrogen functional groups attached to an aromatic ring is 1. The van der Waals surface area contributed by atoms with E-state index in [1.165, 1.54) is 0 Å². The van der Waals surface area contributed by atoms with E-state index in [0.29, 0.717) is 5.69 Å². The van der Waals surface area contributed by atoms with Crippen LogP contribution in [-0.4, -0.2) is 33.7 Å². The van der Waals surface area contributed by atoms with Gasteiger partial charge in [0.25, 0.3) is 5.56 Å². The zero-order valence-corrected chi connectivity index (χ0v) is 17.3. The number of piperidine rings is 1. The van der Waals surface area contributed by atoms with Gasteiger partial charge in [-0.2, -0.15) is 0 Å². The Labute approximate surface area is 175 Å². The van der Waals surface area contributed by atoms with E-state index in [2.05, 4.69) is 15.3 Å². The average molecular weight is 406 g/mol. The summed E-state index contributed by atoms with van der Waals surface area (Å²) in [5.74, 6) is 1.02. The average Bonchev–Trinajstić information content (AvgIpc) is 2.75. The highest BCUT2D eigenvalue weighted by Gasteiger charge is 2.16. The molecule has 3 heterocycles. The molecule has 1 aromatic carbocycles. The van der Waals surface area contributed by atoms with Gasteiger partial charge < -0.3 is 20.4 Å². The monoisotopic (exact) mass is 405 g/mol. The summed E-state index contributed by atoms with van der Waals surface area (Å²) in [6.07, 6.45) is 5.76. The molecular weight excluding hydrogens is 378 g/mol. The van der Waals surface area contributed by atoms with Gasteiger partial charge in [-0.3, -0.25) is 4.79 Å². The van der Waals surface area contributed by atoms with Crippen LogP contribution in [0.5, 0.6) is 5.75 Å². The number of ether oxygens (including phenoxy) is 1. The maximum atomic E-state index is 12.2. The molecule has 0 radical (unpaired) electrons. The molecule has 0 atom stereocenters. The Bertz CT molecular complexity index is 1090. The quantitative estimate of drug-likeness (QED) is 0.676. The molecular formula is C23H27N5O2. The lowest BCUT2D eigenvalue weighted by Gasteiger charge is -2.24. The third kappa shape index (κ3) is 4.36. The van der Waals surface area contributed by atoms with Crippen molar-refractivity contribution >= 4 is 5.95 Å². The number of nitrogens with one attached hydrogen (secondary N) is 1. The van der Waals surface area contributed by atoms with Crippen LogP contribution in [0, 0.1) is 0 Å². The van der Waals surface area contributed by atoms with Crippen molar-refractivity contribution < 1.29 is 4.74 Å². The summed E-state index contributed by atoms with van der Waals surface area (Å²) in [6, 6.07) is 11.3. The van der Waals surface area contributed by atoms with Crippen LogP contribution in [0.15, 0.2) is 53.6 Å². The lowest BCUT2D eigenvalue weighted by molar-refractivity contribution is 0.162. The highest BCUT2D eigenvalue weighted by Crippen LogP contribution is 2.32. The van der Waals surface area contributed by atoms with E-state index >= 15 is 0 Å². The molecule has 0 bridgehead atoms. The molecule has 156 valence electrons. The maximum absolute atomic E-state index is 12.2. The van der Waals surface area contributed by atoms with Gasteiger partial charge >= 0.3 is 0 Å². The fourth-order valence-corrected chi connectivity index (χ4v) is 3.72. The Morgan fingerprint density at radius 1 is 1.17 bits per heavy atom. The molecule has 30 heavy (non-hydrogen) atoms. The van der Waals surface area contributed by atoms with Crippen LogP contribution in [-0.2, 0) is 0 Å². The number of hydrogen-bond donors (Lipinski definition) is 2. The maximum Gasteiger partial charge on any atom is 0.250 e. The fourth-order valence-electron chi connectivity index (χ4n) is 3.72. The number of nitrogens with two attached hydrogens (primary N) is 1. The van der Waals surface area contributed by atoms with Crippen LogP contribution >= 0.6 is 0 Å². The smallest absolute Gasteiger partial charge is 0.250 e. The number of benzene rings is 1. The van der Waals surface area contributed by atoms with Gasteiger partial charge in [0.05, 0.1) is 5.69 Å². The largest absolute Gasteiger partial charge is 0.490 e. The van der Waals surface area contributed by atoms with Crippen molar-refractivity contribution in [3.05, 3.63) is 59.1 Å². The van der Waals surface area contributed by atoms with Gasteiger partial charge in [-0.05, 0) is 58.0 Å². The standard InChI is InChI=1S/C23H27N5O2/c1-15(2)28-14-17(6-7-21(28)29)20-13-26-23(24)27-22(20)16-4-3-5-19(12-16)30-18-8-10-25-11-9-18/h3-7,12-15,18,25H,8-11H2,1-2H3,(H2,24,26,27). The van der Waals surface area contributed by atoms with Crippen LogP contribution < -0.4 is 21.3 Å². The molecule has 7 nitrogen and oxygen atoms in total. The van der Waals surface area contributed by atoms with Gasteiger partial charge in [0, 0.05) is 41.2 Å². The zero-order chi connectivity index (χ0) is 21.1. The van der Waals surface area contributed by atoms with Gasteiger partial charge in [0.1, 0.15) is 11.9 Å². The third-order valence-corrected chi connectivity index (χ3v) is 5.31. The van der Waals surface area contributed by atoms with Crippen LogP contribution in [0.2, 0.25) is 0 Å². The Kier molecular flexibility index (Phi) is 5.81. The Balaban J connectivity index is 1.73. The number of nitrogens with zero attached hydrogens (tertiary/aromatic N) is 3. The predicted octanol–water partition coefficient (Wildman–Crippen LogP) is 3.27. The Hall–Kier alpha value is -3.19. The summed E-state index contributed by atoms with van der Waals surface area (Å²) in [4.78, 5) is 20.9. The van der Waals surface area contributed by atoms with E-state index in [1.54, 1.807) is 22.9 Å². The molecule has 0 amide bonds. The second-order valence-corrected chi connectivity index (χ2v) is 7.84. The first-order valence-electron chi connectivity index (χ1n) is 10.3. The number of aromatic nitrogens is 3. The van der Waals surface area contributed by atoms with Crippen molar-refractivity contribution in [1.29, 1.82) is 0 Å². The lowest BCUT2D eigenvalue weighted by atomic mass is 10.0. The molecule has 3 aromatic rings. The number of pyridine rings is 1. The summed E-state index contributed by atoms with van der Waals surface area (Å²) in [6.45, 7) is 5.91. The molecule has 0 aliphatic carbocycles. The van der Waals surface area contributed by atoms with Crippen molar-refractivity contribution in [2.24, 2.45) is 0 Å². The molecule has 3 N–H and O–H groups in total. The van der Waals surface area contributed by atoms with Crippen molar-refractivity contribution in [2.45, 2.75) is 38.8 Å². The van der Waals surface area contributed by atoms with E-state index in [0.717, 1.165) is 48.4 Å². The van der Waals surface area contributed by atoms with Gasteiger partial charge in [-0.15, -0.1) is 0 Å². The zero-order valence-electron chi connectivity index (χ0n) is 17.3. The van der Waals surface area contributed by atoms with Gasteiger partial charge in [-0.25, -0.2) is 9.97 Å². The summed E-state index contributed by atoms with van der Waals surface area (Å²) in [5, 5.41) is 3.35. The predicted molar refractivity (Wildman–Crippen MR) is 118 cm³/mol. The number of anilines is 1. The molecule has 1 aliphatic heterocycles. The third-order valence-electron chi connectivity index (χ3n) is 5.31. The molecule has 0 spiro atoms. The van der Waals surface area contributed by atoms with E-state index < -0.39 is 0 Å². The normalized spacial score (nSPS) is 14.8. The highest BCUT2D eigenvalue weighted by atomic mass is 16.5. The first-order valence-corrected chi connectivity index (χ1v) is 10.3. The van der Waals surface area contributed by atoms with Gasteiger partial charge in [-0.1, -0.05) is 12.1 Å². The minimum absolute atomic E-state index is 0.0379. The Morgan fingerprint density at radius 2 is 1.97 bits per heavy atom. The van der Waals surface area contributed by atoms with E-state index in [1.807, 2.05) is 44.3 Å². The molecule has 1 fully saturated rings. The van der Waals surface area contributed by atoms with Crippen LogP contribution in [0.1, 0.15) is 32.7 Å². The van der Waals surface area contributed by atoms with Crippen molar-refractivity contribution in [2.75, 3.05) is 18.8 Å². The molecule has 4 rings (SSSR count). The SMILES string of the molecule is CC(C)n1cc(-c2cnc(N)nc2-c2cccc(OC3CCNCC3)c2)ccc1=O. The molecule has 1 aliphatic rings. The Morgan fingerprint density at radius 3 is 2.73 bits per heavy atom. The highest BCUT2D eigenvalue weighted by molar-refractivity contribution is 5.80. The summed E-state index contributed by atoms with van der Waals surface area (Å²) in [7, 11) is 0. The van der Waals surface area contributed by atoms with E-state index in [9.17, 15) is 4.79 Å². The summed E-state index contributed by atoms with van der Waals surface area (Å²) in [5.41, 5.74) is 9.17. The first-order chi connectivity index (χ1) is 14.5. The number of hydrogen-bond acceptors (Lipinski definition) is 6. The van der Waals surface area contributed by atoms with Crippen LogP contribution in [0.3, 0.4) is 0 Å². The molecule has 7 heteroatoms.